The number of carboxylic acid groups (broad SMARTS) is 1. The van der Waals surface area contributed by atoms with Crippen LogP contribution in [0.3, 0.4) is 0 Å². The Morgan fingerprint density at radius 2 is 1.32 bits per heavy atom. The van der Waals surface area contributed by atoms with E-state index in [1.54, 1.807) is 0 Å². The third kappa shape index (κ3) is 19.0. The van der Waals surface area contributed by atoms with Crippen molar-refractivity contribution in [2.24, 2.45) is 5.92 Å². The Morgan fingerprint density at radius 1 is 0.893 bits per heavy atom. The molecule has 0 rings (SSSR count). The topological polar surface area (TPSA) is 77.4 Å². The average Bonchev–Trinajstić information content (AvgIpc) is 2.53. The van der Waals surface area contributed by atoms with E-state index in [-0.39, 0.29) is 24.7 Å². The first kappa shape index (κ1) is 27.6. The molecular formula is C22H46NO4P. The molecule has 28 heavy (non-hydrogen) atoms. The summed E-state index contributed by atoms with van der Waals surface area (Å²) in [6, 6.07) is 0. The van der Waals surface area contributed by atoms with Gasteiger partial charge in [-0.15, -0.1) is 0 Å². The van der Waals surface area contributed by atoms with Gasteiger partial charge in [0.15, 0.2) is 0 Å². The Hall–Kier alpha value is -0.380. The normalized spacial score (nSPS) is 15.3. The van der Waals surface area contributed by atoms with Crippen molar-refractivity contribution in [1.29, 1.82) is 0 Å². The summed E-state index contributed by atoms with van der Waals surface area (Å²) in [5.41, 5.74) is 0. The summed E-state index contributed by atoms with van der Waals surface area (Å²) in [6.07, 6.45) is 14.8. The smallest absolute Gasteiger partial charge is 0.303 e. The van der Waals surface area contributed by atoms with Crippen LogP contribution in [0.5, 0.6) is 0 Å². The summed E-state index contributed by atoms with van der Waals surface area (Å²) in [4.78, 5) is 23.5. The number of aliphatic carboxylic acids is 1. The Morgan fingerprint density at radius 3 is 1.71 bits per heavy atom. The van der Waals surface area contributed by atoms with Crippen molar-refractivity contribution < 1.29 is 23.8 Å². The van der Waals surface area contributed by atoms with Crippen LogP contribution in [0.25, 0.3) is 0 Å². The van der Waals surface area contributed by atoms with Gasteiger partial charge in [-0.3, -0.25) is 4.79 Å². The molecule has 0 aliphatic carbocycles. The van der Waals surface area contributed by atoms with Crippen LogP contribution in [0.4, 0.5) is 0 Å². The van der Waals surface area contributed by atoms with Gasteiger partial charge < -0.3 is 19.0 Å². The second-order valence-electron chi connectivity index (χ2n) is 9.55. The molecule has 0 radical (unpaired) electrons. The highest BCUT2D eigenvalue weighted by Crippen LogP contribution is 2.40. The summed E-state index contributed by atoms with van der Waals surface area (Å²) in [7, 11) is 2.41. The van der Waals surface area contributed by atoms with Crippen LogP contribution in [-0.4, -0.2) is 55.6 Å². The molecule has 0 amide bonds. The zero-order valence-corrected chi connectivity index (χ0v) is 19.9. The molecule has 6 heteroatoms. The highest BCUT2D eigenvalue weighted by molar-refractivity contribution is 7.56. The van der Waals surface area contributed by atoms with E-state index >= 15 is 0 Å². The van der Waals surface area contributed by atoms with E-state index in [4.69, 9.17) is 5.11 Å². The van der Waals surface area contributed by atoms with Gasteiger partial charge >= 0.3 is 5.97 Å². The summed E-state index contributed by atoms with van der Waals surface area (Å²) in [5.74, 6) is -1.22. The van der Waals surface area contributed by atoms with Crippen molar-refractivity contribution in [3.05, 3.63) is 0 Å². The minimum absolute atomic E-state index is 0.0207. The number of unbranched alkanes of at least 4 members (excludes halogenated alkanes) is 11. The quantitative estimate of drug-likeness (QED) is 0.179. The van der Waals surface area contributed by atoms with Crippen molar-refractivity contribution in [3.63, 3.8) is 0 Å². The summed E-state index contributed by atoms with van der Waals surface area (Å²) in [5, 5.41) is 9.07. The van der Waals surface area contributed by atoms with Gasteiger partial charge in [0, 0.05) is 13.3 Å². The second-order valence-corrected chi connectivity index (χ2v) is 12.0. The van der Waals surface area contributed by atoms with Crippen LogP contribution in [-0.2, 0) is 9.36 Å². The lowest BCUT2D eigenvalue weighted by molar-refractivity contribution is -0.873. The van der Waals surface area contributed by atoms with Crippen molar-refractivity contribution in [1.82, 2.24) is 0 Å². The highest BCUT2D eigenvalue weighted by Gasteiger charge is 2.25. The molecule has 168 valence electrons. The zero-order chi connectivity index (χ0) is 21.5. The lowest BCUT2D eigenvalue weighted by Crippen LogP contribution is -2.41. The number of quaternary nitrogens is 1. The van der Waals surface area contributed by atoms with Gasteiger partial charge in [0.1, 0.15) is 0 Å². The molecule has 0 bridgehead atoms. The van der Waals surface area contributed by atoms with Crippen molar-refractivity contribution >= 4 is 13.3 Å². The molecule has 0 aromatic carbocycles. The fourth-order valence-corrected chi connectivity index (χ4v) is 5.81. The van der Waals surface area contributed by atoms with Crippen molar-refractivity contribution in [3.8, 4) is 0 Å². The summed E-state index contributed by atoms with van der Waals surface area (Å²) >= 11 is 0. The predicted octanol–water partition coefficient (Wildman–Crippen LogP) is 5.12. The molecule has 0 aromatic rings. The van der Waals surface area contributed by atoms with Crippen LogP contribution in [0, 0.1) is 5.92 Å². The Kier molecular flexibility index (Phi) is 15.2. The molecule has 0 saturated heterocycles. The number of carbonyl (C=O) groups is 1. The average molecular weight is 420 g/mol. The van der Waals surface area contributed by atoms with Gasteiger partial charge in [-0.25, -0.2) is 0 Å². The second kappa shape index (κ2) is 15.5. The van der Waals surface area contributed by atoms with Gasteiger partial charge in [-0.2, -0.15) is 0 Å². The van der Waals surface area contributed by atoms with Crippen LogP contribution in [0.15, 0.2) is 0 Å². The van der Waals surface area contributed by atoms with Crippen LogP contribution < -0.4 is 4.89 Å². The van der Waals surface area contributed by atoms with E-state index in [9.17, 15) is 14.3 Å². The van der Waals surface area contributed by atoms with Gasteiger partial charge in [0.05, 0.1) is 34.1 Å². The largest absolute Gasteiger partial charge is 0.799 e. The van der Waals surface area contributed by atoms with Crippen molar-refractivity contribution in [2.45, 2.75) is 90.4 Å². The number of hydrogen-bond donors (Lipinski definition) is 1. The van der Waals surface area contributed by atoms with Crippen LogP contribution in [0.2, 0.25) is 0 Å². The number of nitrogens with zero attached hydrogens (tertiary/aromatic N) is 1. The molecule has 0 aromatic heterocycles. The fraction of sp³-hybridized carbons (Fsp3) is 0.955. The van der Waals surface area contributed by atoms with Gasteiger partial charge in [-0.05, 0) is 18.7 Å². The minimum atomic E-state index is -3.49. The fourth-order valence-electron chi connectivity index (χ4n) is 3.89. The van der Waals surface area contributed by atoms with E-state index in [0.717, 1.165) is 12.8 Å². The van der Waals surface area contributed by atoms with Crippen LogP contribution in [0.1, 0.15) is 90.4 Å². The van der Waals surface area contributed by atoms with E-state index in [1.165, 1.54) is 57.8 Å². The van der Waals surface area contributed by atoms with Gasteiger partial charge in [0.2, 0.25) is 0 Å². The molecule has 0 aliphatic rings. The molecule has 0 fully saturated rings. The van der Waals surface area contributed by atoms with E-state index < -0.39 is 13.3 Å². The molecule has 1 N–H and O–H groups in total. The maximum absolute atomic E-state index is 12.4. The molecule has 2 atom stereocenters. The van der Waals surface area contributed by atoms with Gasteiger partial charge in [-0.1, -0.05) is 77.6 Å². The number of hydrogen-bond acceptors (Lipinski definition) is 3. The summed E-state index contributed by atoms with van der Waals surface area (Å²) < 4.78 is 13.0. The number of carboxylic acids is 1. The molecule has 0 spiro atoms. The highest BCUT2D eigenvalue weighted by atomic mass is 31.2. The SMILES string of the molecule is CCCCCCCCCCCCCCP(=O)([O-])C[C@H](CC(=O)O)C[N+](C)(C)C. The van der Waals surface area contributed by atoms with E-state index in [0.29, 0.717) is 17.4 Å². The molecule has 0 saturated carbocycles. The third-order valence-corrected chi connectivity index (χ3v) is 7.23. The van der Waals surface area contributed by atoms with E-state index in [2.05, 4.69) is 6.92 Å². The Labute approximate surface area is 173 Å². The Balaban J connectivity index is 3.88. The molecule has 5 nitrogen and oxygen atoms in total. The molecule has 0 heterocycles. The lowest BCUT2D eigenvalue weighted by Gasteiger charge is -2.32. The molecule has 0 aliphatic heterocycles. The molecule has 1 unspecified atom stereocenters. The standard InChI is InChI=1S/C22H46NO4P/c1-5-6-7-8-9-10-11-12-13-14-15-16-17-28(26,27)20-21(18-22(24)25)19-23(2,3)4/h21H,5-20H2,1-4H3,(H-,24,25,26,27)/t21-/m1/s1. The minimum Gasteiger partial charge on any atom is -0.799 e. The van der Waals surface area contributed by atoms with Crippen LogP contribution >= 0.6 is 7.37 Å². The number of rotatable bonds is 19. The lowest BCUT2D eigenvalue weighted by atomic mass is 10.1. The monoisotopic (exact) mass is 419 g/mol. The summed E-state index contributed by atoms with van der Waals surface area (Å²) in [6.45, 7) is 2.81. The third-order valence-electron chi connectivity index (χ3n) is 5.16. The first-order valence-corrected chi connectivity index (χ1v) is 13.4. The maximum Gasteiger partial charge on any atom is 0.303 e. The van der Waals surface area contributed by atoms with Crippen molar-refractivity contribution in [2.75, 3.05) is 40.0 Å². The van der Waals surface area contributed by atoms with Gasteiger partial charge in [0.25, 0.3) is 0 Å². The van der Waals surface area contributed by atoms with E-state index in [1.807, 2.05) is 21.1 Å². The first-order valence-electron chi connectivity index (χ1n) is 11.4. The first-order chi connectivity index (χ1) is 13.1. The predicted molar refractivity (Wildman–Crippen MR) is 117 cm³/mol. The molecular weight excluding hydrogens is 373 g/mol. The maximum atomic E-state index is 12.4. The zero-order valence-electron chi connectivity index (χ0n) is 19.0. The Bertz CT molecular complexity index is 448.